The zero-order chi connectivity index (χ0) is 14.9. The van der Waals surface area contributed by atoms with E-state index in [2.05, 4.69) is 20.4 Å². The summed E-state index contributed by atoms with van der Waals surface area (Å²) < 4.78 is 1.98. The predicted molar refractivity (Wildman–Crippen MR) is 85.7 cm³/mol. The minimum atomic E-state index is 0.395. The van der Waals surface area contributed by atoms with Gasteiger partial charge < -0.3 is 5.32 Å². The molecule has 1 aliphatic rings. The van der Waals surface area contributed by atoms with Gasteiger partial charge in [-0.1, -0.05) is 17.7 Å². The van der Waals surface area contributed by atoms with Gasteiger partial charge in [0.25, 0.3) is 0 Å². The number of benzene rings is 1. The molecule has 2 aromatic heterocycles. The van der Waals surface area contributed by atoms with Crippen molar-refractivity contribution < 1.29 is 0 Å². The van der Waals surface area contributed by atoms with Gasteiger partial charge >= 0.3 is 0 Å². The Hall–Kier alpha value is -1.98. The highest BCUT2D eigenvalue weighted by Gasteiger charge is 2.19. The van der Waals surface area contributed by atoms with Gasteiger partial charge in [-0.05, 0) is 30.2 Å². The lowest BCUT2D eigenvalue weighted by atomic mass is 10.1. The maximum atomic E-state index is 6.22. The fourth-order valence-electron chi connectivity index (χ4n) is 3.02. The molecule has 0 bridgehead atoms. The van der Waals surface area contributed by atoms with Gasteiger partial charge in [0, 0.05) is 35.6 Å². The summed E-state index contributed by atoms with van der Waals surface area (Å²) >= 11 is 6.22. The van der Waals surface area contributed by atoms with E-state index in [0.29, 0.717) is 6.04 Å². The van der Waals surface area contributed by atoms with Crippen molar-refractivity contribution >= 4 is 22.5 Å². The summed E-state index contributed by atoms with van der Waals surface area (Å²) in [5.41, 5.74) is 2.14. The third kappa shape index (κ3) is 2.58. The highest BCUT2D eigenvalue weighted by Crippen LogP contribution is 2.22. The third-order valence-corrected chi connectivity index (χ3v) is 4.35. The Bertz CT molecular complexity index is 813. The lowest BCUT2D eigenvalue weighted by molar-refractivity contribution is 0.358. The number of nitrogens with one attached hydrogen (secondary N) is 1. The molecule has 6 heteroatoms. The number of halogens is 1. The Labute approximate surface area is 133 Å². The number of aryl methyl sites for hydroxylation is 1. The lowest BCUT2D eigenvalue weighted by Gasteiger charge is -2.24. The fourth-order valence-corrected chi connectivity index (χ4v) is 3.27. The highest BCUT2D eigenvalue weighted by atomic mass is 35.5. The van der Waals surface area contributed by atoms with Crippen molar-refractivity contribution in [1.82, 2.24) is 25.1 Å². The molecule has 0 spiro atoms. The van der Waals surface area contributed by atoms with Crippen molar-refractivity contribution in [3.05, 3.63) is 53.2 Å². The van der Waals surface area contributed by atoms with Crippen LogP contribution in [0.2, 0.25) is 5.02 Å². The van der Waals surface area contributed by atoms with Gasteiger partial charge in [0.15, 0.2) is 0 Å². The van der Waals surface area contributed by atoms with Crippen LogP contribution >= 0.6 is 11.6 Å². The molecule has 5 nitrogen and oxygen atoms in total. The first kappa shape index (κ1) is 13.7. The van der Waals surface area contributed by atoms with E-state index in [1.165, 1.54) is 0 Å². The Balaban J connectivity index is 1.53. The van der Waals surface area contributed by atoms with Crippen LogP contribution < -0.4 is 5.32 Å². The van der Waals surface area contributed by atoms with Gasteiger partial charge in [0.05, 0.1) is 12.1 Å². The monoisotopic (exact) mass is 313 g/mol. The molecule has 1 aliphatic heterocycles. The summed E-state index contributed by atoms with van der Waals surface area (Å²) in [6.45, 7) is 1.62. The molecule has 3 aromatic rings. The van der Waals surface area contributed by atoms with E-state index in [1.807, 2.05) is 35.1 Å². The van der Waals surface area contributed by atoms with E-state index >= 15 is 0 Å². The van der Waals surface area contributed by atoms with Gasteiger partial charge in [-0.2, -0.15) is 5.10 Å². The molecule has 4 rings (SSSR count). The summed E-state index contributed by atoms with van der Waals surface area (Å²) in [6.07, 6.45) is 5.49. The molecular formula is C16H16ClN5. The van der Waals surface area contributed by atoms with Crippen LogP contribution in [0.5, 0.6) is 0 Å². The highest BCUT2D eigenvalue weighted by molar-refractivity contribution is 6.31. The molecule has 1 unspecified atom stereocenters. The van der Waals surface area contributed by atoms with Crippen LogP contribution in [0.15, 0.2) is 36.8 Å². The first-order chi connectivity index (χ1) is 10.8. The summed E-state index contributed by atoms with van der Waals surface area (Å²) in [5, 5.41) is 9.69. The predicted octanol–water partition coefficient (Wildman–Crippen LogP) is 2.58. The van der Waals surface area contributed by atoms with Crippen molar-refractivity contribution in [2.24, 2.45) is 0 Å². The van der Waals surface area contributed by atoms with Crippen LogP contribution in [-0.4, -0.2) is 25.8 Å². The molecular weight excluding hydrogens is 298 g/mol. The van der Waals surface area contributed by atoms with Crippen molar-refractivity contribution in [3.63, 3.8) is 0 Å². The number of hydrogen-bond donors (Lipinski definition) is 1. The minimum absolute atomic E-state index is 0.395. The van der Waals surface area contributed by atoms with Gasteiger partial charge in [-0.25, -0.2) is 9.67 Å². The standard InChI is InChI=1S/C16H16ClN5/c17-13-6-11-2-1-5-18-16(11)12(7-13)8-19-14-3-4-15-20-10-21-22(15)9-14/h1-2,5-7,10,14,19H,3-4,8-9H2. The quantitative estimate of drug-likeness (QED) is 0.807. The molecule has 0 radical (unpaired) electrons. The van der Waals surface area contributed by atoms with Crippen molar-refractivity contribution in [3.8, 4) is 0 Å². The molecule has 0 fully saturated rings. The Kier molecular flexibility index (Phi) is 3.52. The Morgan fingerprint density at radius 1 is 1.32 bits per heavy atom. The molecule has 22 heavy (non-hydrogen) atoms. The molecule has 0 saturated heterocycles. The van der Waals surface area contributed by atoms with E-state index in [9.17, 15) is 0 Å². The first-order valence-electron chi connectivity index (χ1n) is 7.43. The number of hydrogen-bond acceptors (Lipinski definition) is 4. The van der Waals surface area contributed by atoms with Crippen LogP contribution in [0.4, 0.5) is 0 Å². The summed E-state index contributed by atoms with van der Waals surface area (Å²) in [7, 11) is 0. The molecule has 1 atom stereocenters. The largest absolute Gasteiger partial charge is 0.308 e. The van der Waals surface area contributed by atoms with Crippen LogP contribution in [0.25, 0.3) is 10.9 Å². The lowest BCUT2D eigenvalue weighted by Crippen LogP contribution is -2.37. The van der Waals surface area contributed by atoms with Crippen molar-refractivity contribution in [2.75, 3.05) is 0 Å². The van der Waals surface area contributed by atoms with Gasteiger partial charge in [-0.3, -0.25) is 4.98 Å². The van der Waals surface area contributed by atoms with E-state index < -0.39 is 0 Å². The molecule has 1 N–H and O–H groups in total. The van der Waals surface area contributed by atoms with Crippen LogP contribution in [0.3, 0.4) is 0 Å². The van der Waals surface area contributed by atoms with E-state index in [-0.39, 0.29) is 0 Å². The van der Waals surface area contributed by atoms with Crippen LogP contribution in [0.1, 0.15) is 17.8 Å². The zero-order valence-corrected chi connectivity index (χ0v) is 12.8. The van der Waals surface area contributed by atoms with Crippen LogP contribution in [0, 0.1) is 0 Å². The van der Waals surface area contributed by atoms with E-state index in [4.69, 9.17) is 11.6 Å². The average Bonchev–Trinajstić information content (AvgIpc) is 3.00. The van der Waals surface area contributed by atoms with Crippen molar-refractivity contribution in [2.45, 2.75) is 32.0 Å². The molecule has 0 aliphatic carbocycles. The SMILES string of the molecule is Clc1cc(CNC2CCc3ncnn3C2)c2ncccc2c1. The van der Waals surface area contributed by atoms with E-state index in [1.54, 1.807) is 6.33 Å². The summed E-state index contributed by atoms with van der Waals surface area (Å²) in [5.74, 6) is 1.08. The van der Waals surface area contributed by atoms with Gasteiger partial charge in [0.1, 0.15) is 12.2 Å². The minimum Gasteiger partial charge on any atom is -0.308 e. The third-order valence-electron chi connectivity index (χ3n) is 4.14. The second kappa shape index (κ2) is 5.66. The fraction of sp³-hybridized carbons (Fsp3) is 0.312. The smallest absolute Gasteiger partial charge is 0.138 e. The number of aromatic nitrogens is 4. The van der Waals surface area contributed by atoms with Gasteiger partial charge in [0.2, 0.25) is 0 Å². The number of fused-ring (bicyclic) bond motifs is 2. The maximum absolute atomic E-state index is 6.22. The first-order valence-corrected chi connectivity index (χ1v) is 7.80. The molecule has 3 heterocycles. The molecule has 0 saturated carbocycles. The normalized spacial score (nSPS) is 17.6. The van der Waals surface area contributed by atoms with Crippen LogP contribution in [-0.2, 0) is 19.5 Å². The van der Waals surface area contributed by atoms with E-state index in [0.717, 1.165) is 53.2 Å². The number of nitrogens with zero attached hydrogens (tertiary/aromatic N) is 4. The maximum Gasteiger partial charge on any atom is 0.138 e. The Morgan fingerprint density at radius 3 is 3.23 bits per heavy atom. The summed E-state index contributed by atoms with van der Waals surface area (Å²) in [4.78, 5) is 8.75. The molecule has 0 amide bonds. The second-order valence-corrected chi connectivity index (χ2v) is 6.05. The summed E-state index contributed by atoms with van der Waals surface area (Å²) in [6, 6.07) is 8.32. The molecule has 1 aromatic carbocycles. The topological polar surface area (TPSA) is 55.6 Å². The van der Waals surface area contributed by atoms with Gasteiger partial charge in [-0.15, -0.1) is 0 Å². The Morgan fingerprint density at radius 2 is 2.27 bits per heavy atom. The average molecular weight is 314 g/mol. The number of rotatable bonds is 3. The number of pyridine rings is 1. The van der Waals surface area contributed by atoms with Crippen molar-refractivity contribution in [1.29, 1.82) is 0 Å². The second-order valence-electron chi connectivity index (χ2n) is 5.61. The molecule has 112 valence electrons. The zero-order valence-electron chi connectivity index (χ0n) is 12.0.